The molecule has 3 nitrogen and oxygen atoms in total. The highest BCUT2D eigenvalue weighted by atomic mass is 19.1. The molecule has 0 saturated carbocycles. The van der Waals surface area contributed by atoms with Crippen LogP contribution in [-0.2, 0) is 0 Å². The van der Waals surface area contributed by atoms with Crippen molar-refractivity contribution in [2.45, 2.75) is 18.9 Å². The van der Waals surface area contributed by atoms with Gasteiger partial charge in [0.05, 0.1) is 0 Å². The van der Waals surface area contributed by atoms with Crippen molar-refractivity contribution in [3.63, 3.8) is 0 Å². The highest BCUT2D eigenvalue weighted by Crippen LogP contribution is 2.22. The zero-order valence-corrected chi connectivity index (χ0v) is 11.0. The van der Waals surface area contributed by atoms with E-state index < -0.39 is 0 Å². The lowest BCUT2D eigenvalue weighted by atomic mass is 10.0. The Morgan fingerprint density at radius 1 is 1.39 bits per heavy atom. The Labute approximate surface area is 108 Å². The van der Waals surface area contributed by atoms with E-state index in [1.165, 1.54) is 6.07 Å². The molecule has 0 aromatic heterocycles. The van der Waals surface area contributed by atoms with Gasteiger partial charge in [-0.3, -0.25) is 0 Å². The first-order valence-corrected chi connectivity index (χ1v) is 6.61. The minimum absolute atomic E-state index is 0.167. The molecule has 0 bridgehead atoms. The van der Waals surface area contributed by atoms with Gasteiger partial charge in [0, 0.05) is 45.0 Å². The van der Waals surface area contributed by atoms with E-state index in [1.807, 2.05) is 6.07 Å². The quantitative estimate of drug-likeness (QED) is 0.884. The Morgan fingerprint density at radius 3 is 2.72 bits per heavy atom. The largest absolute Gasteiger partial charge is 0.371 e. The molecule has 2 N–H and O–H groups in total. The van der Waals surface area contributed by atoms with Crippen molar-refractivity contribution in [1.82, 2.24) is 4.90 Å². The summed E-state index contributed by atoms with van der Waals surface area (Å²) in [6.45, 7) is 3.88. The lowest BCUT2D eigenvalue weighted by molar-refractivity contribution is 0.216. The number of anilines is 1. The first kappa shape index (κ1) is 13.3. The molecule has 1 heterocycles. The maximum absolute atomic E-state index is 13.2. The summed E-state index contributed by atoms with van der Waals surface area (Å²) in [5.74, 6) is -0.167. The second-order valence-corrected chi connectivity index (χ2v) is 4.95. The summed E-state index contributed by atoms with van der Waals surface area (Å²) in [5.41, 5.74) is 6.53. The van der Waals surface area contributed by atoms with Crippen LogP contribution in [0.5, 0.6) is 0 Å². The lowest BCUT2D eigenvalue weighted by Crippen LogP contribution is -2.44. The first-order chi connectivity index (χ1) is 8.70. The molecule has 0 spiro atoms. The van der Waals surface area contributed by atoms with Crippen LogP contribution in [0.2, 0.25) is 0 Å². The molecular formula is C14H22FN3. The van der Waals surface area contributed by atoms with Crippen molar-refractivity contribution in [3.05, 3.63) is 30.1 Å². The Kier molecular flexibility index (Phi) is 4.55. The Hall–Kier alpha value is -1.13. The van der Waals surface area contributed by atoms with Gasteiger partial charge in [-0.25, -0.2) is 4.39 Å². The van der Waals surface area contributed by atoms with Gasteiger partial charge < -0.3 is 15.5 Å². The second kappa shape index (κ2) is 6.16. The van der Waals surface area contributed by atoms with Crippen molar-refractivity contribution in [2.75, 3.05) is 38.1 Å². The fourth-order valence-electron chi connectivity index (χ4n) is 2.62. The molecule has 1 fully saturated rings. The zero-order chi connectivity index (χ0) is 13.0. The molecule has 0 radical (unpaired) electrons. The molecule has 4 heteroatoms. The van der Waals surface area contributed by atoms with E-state index in [4.69, 9.17) is 5.73 Å². The number of nitrogens with two attached hydrogens (primary N) is 1. The Morgan fingerprint density at radius 2 is 2.11 bits per heavy atom. The molecule has 0 atom stereocenters. The third-order valence-corrected chi connectivity index (χ3v) is 3.77. The van der Waals surface area contributed by atoms with Gasteiger partial charge in [-0.1, -0.05) is 6.07 Å². The van der Waals surface area contributed by atoms with Crippen molar-refractivity contribution in [3.8, 4) is 0 Å². The molecule has 18 heavy (non-hydrogen) atoms. The number of hydrogen-bond donors (Lipinski definition) is 1. The summed E-state index contributed by atoms with van der Waals surface area (Å²) in [5, 5.41) is 0. The third kappa shape index (κ3) is 3.21. The summed E-state index contributed by atoms with van der Waals surface area (Å²) >= 11 is 0. The van der Waals surface area contributed by atoms with Crippen LogP contribution in [0.4, 0.5) is 10.1 Å². The molecule has 2 rings (SSSR count). The number of halogens is 1. The van der Waals surface area contributed by atoms with Gasteiger partial charge in [0.25, 0.3) is 0 Å². The van der Waals surface area contributed by atoms with Crippen LogP contribution in [0, 0.1) is 5.82 Å². The van der Waals surface area contributed by atoms with Gasteiger partial charge in [-0.15, -0.1) is 0 Å². The topological polar surface area (TPSA) is 32.5 Å². The summed E-state index contributed by atoms with van der Waals surface area (Å²) in [6, 6.07) is 7.33. The number of piperidine rings is 1. The Bertz CT molecular complexity index is 375. The van der Waals surface area contributed by atoms with Gasteiger partial charge in [-0.05, 0) is 31.0 Å². The molecule has 1 saturated heterocycles. The maximum Gasteiger partial charge on any atom is 0.125 e. The molecule has 1 aliphatic heterocycles. The normalized spacial score (nSPS) is 17.9. The number of likely N-dealkylation sites (tertiary alicyclic amines) is 1. The zero-order valence-electron chi connectivity index (χ0n) is 11.0. The van der Waals surface area contributed by atoms with Crippen LogP contribution in [0.25, 0.3) is 0 Å². The molecule has 1 aromatic rings. The number of rotatable bonds is 4. The van der Waals surface area contributed by atoms with E-state index in [9.17, 15) is 4.39 Å². The number of benzene rings is 1. The van der Waals surface area contributed by atoms with E-state index in [2.05, 4.69) is 16.8 Å². The van der Waals surface area contributed by atoms with Crippen LogP contribution in [0.15, 0.2) is 24.3 Å². The molecule has 1 aliphatic rings. The predicted molar refractivity (Wildman–Crippen MR) is 73.3 cm³/mol. The molecular weight excluding hydrogens is 229 g/mol. The fourth-order valence-corrected chi connectivity index (χ4v) is 2.62. The monoisotopic (exact) mass is 251 g/mol. The third-order valence-electron chi connectivity index (χ3n) is 3.77. The van der Waals surface area contributed by atoms with Crippen LogP contribution in [-0.4, -0.2) is 44.2 Å². The first-order valence-electron chi connectivity index (χ1n) is 6.61. The standard InChI is InChI=1S/C14H22FN3/c1-17(14-4-2-3-12(15)11-14)13-5-8-18(9-6-13)10-7-16/h2-4,11,13H,5-10,16H2,1H3. The van der Waals surface area contributed by atoms with Gasteiger partial charge in [0.1, 0.15) is 5.82 Å². The highest BCUT2D eigenvalue weighted by Gasteiger charge is 2.22. The van der Waals surface area contributed by atoms with Gasteiger partial charge >= 0.3 is 0 Å². The highest BCUT2D eigenvalue weighted by molar-refractivity contribution is 5.46. The molecule has 0 aliphatic carbocycles. The SMILES string of the molecule is CN(c1cccc(F)c1)C1CCN(CCN)CC1. The summed E-state index contributed by atoms with van der Waals surface area (Å²) < 4.78 is 13.2. The van der Waals surface area contributed by atoms with E-state index in [1.54, 1.807) is 12.1 Å². The Balaban J connectivity index is 1.93. The number of hydrogen-bond acceptors (Lipinski definition) is 3. The lowest BCUT2D eigenvalue weighted by Gasteiger charge is -2.37. The van der Waals surface area contributed by atoms with E-state index in [0.29, 0.717) is 6.04 Å². The molecule has 100 valence electrons. The average Bonchev–Trinajstić information content (AvgIpc) is 2.39. The van der Waals surface area contributed by atoms with Crippen LogP contribution >= 0.6 is 0 Å². The minimum atomic E-state index is -0.167. The van der Waals surface area contributed by atoms with Crippen molar-refractivity contribution < 1.29 is 4.39 Å². The smallest absolute Gasteiger partial charge is 0.125 e. The van der Waals surface area contributed by atoms with Gasteiger partial charge in [0.2, 0.25) is 0 Å². The molecule has 0 amide bonds. The number of nitrogens with zero attached hydrogens (tertiary/aromatic N) is 2. The average molecular weight is 251 g/mol. The van der Waals surface area contributed by atoms with Gasteiger partial charge in [0.15, 0.2) is 0 Å². The molecule has 0 unspecified atom stereocenters. The van der Waals surface area contributed by atoms with E-state index in [0.717, 1.165) is 44.7 Å². The van der Waals surface area contributed by atoms with Crippen LogP contribution in [0.3, 0.4) is 0 Å². The van der Waals surface area contributed by atoms with Crippen LogP contribution < -0.4 is 10.6 Å². The second-order valence-electron chi connectivity index (χ2n) is 4.95. The van der Waals surface area contributed by atoms with E-state index >= 15 is 0 Å². The van der Waals surface area contributed by atoms with Gasteiger partial charge in [-0.2, -0.15) is 0 Å². The summed E-state index contributed by atoms with van der Waals surface area (Å²) in [7, 11) is 2.05. The summed E-state index contributed by atoms with van der Waals surface area (Å²) in [4.78, 5) is 4.60. The minimum Gasteiger partial charge on any atom is -0.371 e. The predicted octanol–water partition coefficient (Wildman–Crippen LogP) is 1.69. The van der Waals surface area contributed by atoms with Crippen LogP contribution in [0.1, 0.15) is 12.8 Å². The fraction of sp³-hybridized carbons (Fsp3) is 0.571. The van der Waals surface area contributed by atoms with E-state index in [-0.39, 0.29) is 5.82 Å². The maximum atomic E-state index is 13.2. The van der Waals surface area contributed by atoms with Crippen molar-refractivity contribution in [2.24, 2.45) is 5.73 Å². The molecule has 1 aromatic carbocycles. The summed E-state index contributed by atoms with van der Waals surface area (Å²) in [6.07, 6.45) is 2.24. The van der Waals surface area contributed by atoms with Crippen molar-refractivity contribution >= 4 is 5.69 Å². The van der Waals surface area contributed by atoms with Crippen molar-refractivity contribution in [1.29, 1.82) is 0 Å².